The zero-order chi connectivity index (χ0) is 14.5. The van der Waals surface area contributed by atoms with Crippen LogP contribution in [-0.2, 0) is 6.42 Å². The van der Waals surface area contributed by atoms with Crippen LogP contribution in [0.1, 0.15) is 35.0 Å². The Kier molecular flexibility index (Phi) is 4.35. The van der Waals surface area contributed by atoms with Crippen LogP contribution in [0.3, 0.4) is 0 Å². The van der Waals surface area contributed by atoms with E-state index < -0.39 is 5.97 Å². The maximum atomic E-state index is 11.3. The van der Waals surface area contributed by atoms with E-state index in [0.717, 1.165) is 24.2 Å². The molecule has 104 valence electrons. The van der Waals surface area contributed by atoms with Gasteiger partial charge < -0.3 is 10.4 Å². The third-order valence-electron chi connectivity index (χ3n) is 3.08. The minimum absolute atomic E-state index is 0.182. The van der Waals surface area contributed by atoms with Gasteiger partial charge in [-0.1, -0.05) is 31.5 Å². The molecule has 0 aliphatic heterocycles. The zero-order valence-electron chi connectivity index (χ0n) is 11.7. The lowest BCUT2D eigenvalue weighted by Gasteiger charge is -2.13. The van der Waals surface area contributed by atoms with Gasteiger partial charge in [-0.2, -0.15) is 0 Å². The SMILES string of the molecule is CCCc1ccccc1Nc1cc(C)ncc1C(=O)O. The number of hydrogen-bond donors (Lipinski definition) is 2. The van der Waals surface area contributed by atoms with E-state index in [-0.39, 0.29) is 5.56 Å². The molecule has 4 nitrogen and oxygen atoms in total. The molecule has 1 aromatic heterocycles. The van der Waals surface area contributed by atoms with Crippen LogP contribution in [-0.4, -0.2) is 16.1 Å². The van der Waals surface area contributed by atoms with Crippen molar-refractivity contribution in [3.63, 3.8) is 0 Å². The molecule has 1 heterocycles. The third kappa shape index (κ3) is 3.15. The number of anilines is 2. The fourth-order valence-corrected chi connectivity index (χ4v) is 2.11. The zero-order valence-corrected chi connectivity index (χ0v) is 11.7. The van der Waals surface area contributed by atoms with Gasteiger partial charge in [0, 0.05) is 17.6 Å². The highest BCUT2D eigenvalue weighted by molar-refractivity contribution is 5.95. The Hall–Kier alpha value is -2.36. The second-order valence-corrected chi connectivity index (χ2v) is 4.71. The van der Waals surface area contributed by atoms with E-state index in [2.05, 4.69) is 23.3 Å². The molecule has 0 bridgehead atoms. The molecule has 0 radical (unpaired) electrons. The summed E-state index contributed by atoms with van der Waals surface area (Å²) in [5.41, 5.74) is 3.67. The summed E-state index contributed by atoms with van der Waals surface area (Å²) in [6.45, 7) is 3.96. The van der Waals surface area contributed by atoms with Gasteiger partial charge in [-0.25, -0.2) is 4.79 Å². The number of nitrogens with zero attached hydrogens (tertiary/aromatic N) is 1. The Morgan fingerprint density at radius 1 is 1.30 bits per heavy atom. The summed E-state index contributed by atoms with van der Waals surface area (Å²) in [6, 6.07) is 9.71. The van der Waals surface area contributed by atoms with E-state index in [0.29, 0.717) is 5.69 Å². The van der Waals surface area contributed by atoms with Crippen molar-refractivity contribution in [1.29, 1.82) is 0 Å². The average Bonchev–Trinajstić information content (AvgIpc) is 2.41. The molecule has 2 aromatic rings. The summed E-state index contributed by atoms with van der Waals surface area (Å²) >= 11 is 0. The number of aryl methyl sites for hydroxylation is 2. The van der Waals surface area contributed by atoms with Gasteiger partial charge in [-0.3, -0.25) is 4.98 Å². The highest BCUT2D eigenvalue weighted by Gasteiger charge is 2.12. The first-order chi connectivity index (χ1) is 9.61. The smallest absolute Gasteiger partial charge is 0.339 e. The molecular formula is C16H18N2O2. The Bertz CT molecular complexity index is 624. The standard InChI is InChI=1S/C16H18N2O2/c1-3-6-12-7-4-5-8-14(12)18-15-9-11(2)17-10-13(15)16(19)20/h4-5,7-10H,3,6H2,1-2H3,(H,17,18)(H,19,20). The minimum atomic E-state index is -0.979. The van der Waals surface area contributed by atoms with Gasteiger partial charge in [-0.05, 0) is 31.0 Å². The fraction of sp³-hybridized carbons (Fsp3) is 0.250. The van der Waals surface area contributed by atoms with E-state index >= 15 is 0 Å². The van der Waals surface area contributed by atoms with E-state index in [1.165, 1.54) is 11.8 Å². The molecule has 0 aliphatic carbocycles. The minimum Gasteiger partial charge on any atom is -0.478 e. The molecule has 0 aliphatic rings. The fourth-order valence-electron chi connectivity index (χ4n) is 2.11. The molecule has 0 unspecified atom stereocenters. The number of carboxylic acids is 1. The summed E-state index contributed by atoms with van der Waals surface area (Å²) in [4.78, 5) is 15.3. The first-order valence-corrected chi connectivity index (χ1v) is 6.66. The van der Waals surface area contributed by atoms with Crippen molar-refractivity contribution in [2.24, 2.45) is 0 Å². The second-order valence-electron chi connectivity index (χ2n) is 4.71. The van der Waals surface area contributed by atoms with Crippen molar-refractivity contribution < 1.29 is 9.90 Å². The lowest BCUT2D eigenvalue weighted by molar-refractivity contribution is 0.0697. The number of nitrogens with one attached hydrogen (secondary N) is 1. The maximum Gasteiger partial charge on any atom is 0.339 e. The van der Waals surface area contributed by atoms with Gasteiger partial charge in [0.2, 0.25) is 0 Å². The highest BCUT2D eigenvalue weighted by Crippen LogP contribution is 2.25. The van der Waals surface area contributed by atoms with Crippen LogP contribution in [0.25, 0.3) is 0 Å². The first-order valence-electron chi connectivity index (χ1n) is 6.66. The van der Waals surface area contributed by atoms with Crippen LogP contribution in [0.15, 0.2) is 36.5 Å². The van der Waals surface area contributed by atoms with Gasteiger partial charge in [0.1, 0.15) is 5.56 Å². The predicted octanol–water partition coefficient (Wildman–Crippen LogP) is 3.78. The highest BCUT2D eigenvalue weighted by atomic mass is 16.4. The van der Waals surface area contributed by atoms with Crippen LogP contribution in [0, 0.1) is 6.92 Å². The number of para-hydroxylation sites is 1. The molecule has 2 rings (SSSR count). The molecule has 0 fully saturated rings. The lowest BCUT2D eigenvalue weighted by atomic mass is 10.1. The number of hydrogen-bond acceptors (Lipinski definition) is 3. The number of carbonyl (C=O) groups is 1. The molecule has 0 saturated heterocycles. The molecular weight excluding hydrogens is 252 g/mol. The summed E-state index contributed by atoms with van der Waals surface area (Å²) in [5, 5.41) is 12.5. The maximum absolute atomic E-state index is 11.3. The largest absolute Gasteiger partial charge is 0.478 e. The van der Waals surface area contributed by atoms with Crippen molar-refractivity contribution >= 4 is 17.3 Å². The molecule has 20 heavy (non-hydrogen) atoms. The molecule has 4 heteroatoms. The average molecular weight is 270 g/mol. The van der Waals surface area contributed by atoms with Gasteiger partial charge >= 0.3 is 5.97 Å². The van der Waals surface area contributed by atoms with Crippen molar-refractivity contribution in [3.05, 3.63) is 53.3 Å². The summed E-state index contributed by atoms with van der Waals surface area (Å²) in [7, 11) is 0. The van der Waals surface area contributed by atoms with Crippen molar-refractivity contribution in [2.45, 2.75) is 26.7 Å². The van der Waals surface area contributed by atoms with Crippen molar-refractivity contribution in [2.75, 3.05) is 5.32 Å². The van der Waals surface area contributed by atoms with Crippen LogP contribution in [0.4, 0.5) is 11.4 Å². The van der Waals surface area contributed by atoms with E-state index in [1.807, 2.05) is 25.1 Å². The van der Waals surface area contributed by atoms with Crippen molar-refractivity contribution in [3.8, 4) is 0 Å². The Balaban J connectivity index is 2.39. The van der Waals surface area contributed by atoms with Crippen molar-refractivity contribution in [1.82, 2.24) is 4.98 Å². The lowest BCUT2D eigenvalue weighted by Crippen LogP contribution is -2.05. The van der Waals surface area contributed by atoms with Crippen LogP contribution in [0.5, 0.6) is 0 Å². The normalized spacial score (nSPS) is 10.3. The summed E-state index contributed by atoms with van der Waals surface area (Å²) in [6.07, 6.45) is 3.39. The van der Waals surface area contributed by atoms with Gasteiger partial charge in [0.25, 0.3) is 0 Å². The molecule has 0 saturated carbocycles. The number of pyridine rings is 1. The van der Waals surface area contributed by atoms with E-state index in [1.54, 1.807) is 6.07 Å². The molecule has 0 atom stereocenters. The molecule has 0 spiro atoms. The van der Waals surface area contributed by atoms with Crippen LogP contribution < -0.4 is 5.32 Å². The van der Waals surface area contributed by atoms with E-state index in [9.17, 15) is 9.90 Å². The number of aromatic nitrogens is 1. The number of carboxylic acid groups (broad SMARTS) is 1. The van der Waals surface area contributed by atoms with Crippen LogP contribution in [0.2, 0.25) is 0 Å². The Morgan fingerprint density at radius 3 is 2.75 bits per heavy atom. The van der Waals surface area contributed by atoms with Gasteiger partial charge in [0.15, 0.2) is 0 Å². The summed E-state index contributed by atoms with van der Waals surface area (Å²) in [5.74, 6) is -0.979. The Labute approximate surface area is 118 Å². The van der Waals surface area contributed by atoms with E-state index in [4.69, 9.17) is 0 Å². The molecule has 0 amide bonds. The molecule has 2 N–H and O–H groups in total. The Morgan fingerprint density at radius 2 is 2.05 bits per heavy atom. The number of benzene rings is 1. The summed E-state index contributed by atoms with van der Waals surface area (Å²) < 4.78 is 0. The van der Waals surface area contributed by atoms with Gasteiger partial charge in [-0.15, -0.1) is 0 Å². The quantitative estimate of drug-likeness (QED) is 0.867. The topological polar surface area (TPSA) is 62.2 Å². The predicted molar refractivity (Wildman–Crippen MR) is 79.7 cm³/mol. The first kappa shape index (κ1) is 14.1. The third-order valence-corrected chi connectivity index (χ3v) is 3.08. The number of aromatic carboxylic acids is 1. The number of rotatable bonds is 5. The van der Waals surface area contributed by atoms with Crippen LogP contribution >= 0.6 is 0 Å². The van der Waals surface area contributed by atoms with Gasteiger partial charge in [0.05, 0.1) is 5.69 Å². The monoisotopic (exact) mass is 270 g/mol. The molecule has 1 aromatic carbocycles. The second kappa shape index (κ2) is 6.19.